The summed E-state index contributed by atoms with van der Waals surface area (Å²) in [5.74, 6) is -0.357. The second-order valence-corrected chi connectivity index (χ2v) is 7.42. The summed E-state index contributed by atoms with van der Waals surface area (Å²) >= 11 is 3.34. The molecule has 0 bridgehead atoms. The van der Waals surface area contributed by atoms with Gasteiger partial charge in [0.05, 0.1) is 17.3 Å². The van der Waals surface area contributed by atoms with Gasteiger partial charge in [-0.25, -0.2) is 0 Å². The van der Waals surface area contributed by atoms with Gasteiger partial charge >= 0.3 is 0 Å². The number of hydrogen-bond acceptors (Lipinski definition) is 4. The van der Waals surface area contributed by atoms with Crippen LogP contribution in [0.5, 0.6) is 5.75 Å². The lowest BCUT2D eigenvalue weighted by atomic mass is 10.1. The van der Waals surface area contributed by atoms with Crippen LogP contribution < -0.4 is 15.6 Å². The standard InChI is InChI=1S/C17H21BrN4O3/c1-11(25-14-7-5-6-13(18)8-14)15(23)20-21-16(24)12-9-19-22(10-12)17(2,3)4/h5-11H,1-4H3,(H,20,23)(H,21,24). The number of benzene rings is 1. The normalized spacial score (nSPS) is 12.4. The van der Waals surface area contributed by atoms with Gasteiger partial charge in [0, 0.05) is 10.7 Å². The molecule has 0 radical (unpaired) electrons. The summed E-state index contributed by atoms with van der Waals surface area (Å²) in [6.45, 7) is 7.53. The Hall–Kier alpha value is -2.35. The van der Waals surface area contributed by atoms with E-state index >= 15 is 0 Å². The molecule has 1 atom stereocenters. The van der Waals surface area contributed by atoms with E-state index in [0.29, 0.717) is 11.3 Å². The fourth-order valence-corrected chi connectivity index (χ4v) is 2.28. The molecule has 1 unspecified atom stereocenters. The van der Waals surface area contributed by atoms with Gasteiger partial charge in [-0.3, -0.25) is 25.1 Å². The lowest BCUT2D eigenvalue weighted by Gasteiger charge is -2.18. The number of ether oxygens (including phenoxy) is 1. The third-order valence-electron chi connectivity index (χ3n) is 3.31. The van der Waals surface area contributed by atoms with Gasteiger partial charge in [0.2, 0.25) is 0 Å². The zero-order valence-electron chi connectivity index (χ0n) is 14.5. The van der Waals surface area contributed by atoms with Crippen molar-refractivity contribution >= 4 is 27.7 Å². The SMILES string of the molecule is CC(Oc1cccc(Br)c1)C(=O)NNC(=O)c1cnn(C(C)(C)C)c1. The number of halogens is 1. The Morgan fingerprint density at radius 3 is 2.60 bits per heavy atom. The molecule has 2 rings (SSSR count). The number of carbonyl (C=O) groups is 2. The summed E-state index contributed by atoms with van der Waals surface area (Å²) in [7, 11) is 0. The minimum Gasteiger partial charge on any atom is -0.481 e. The number of carbonyl (C=O) groups excluding carboxylic acids is 2. The van der Waals surface area contributed by atoms with Crippen LogP contribution in [0.25, 0.3) is 0 Å². The Bertz CT molecular complexity index is 767. The summed E-state index contributed by atoms with van der Waals surface area (Å²) in [5, 5.41) is 4.15. The first-order chi connectivity index (χ1) is 11.7. The summed E-state index contributed by atoms with van der Waals surface area (Å²) in [5.41, 5.74) is 4.84. The van der Waals surface area contributed by atoms with Gasteiger partial charge < -0.3 is 4.74 Å². The molecule has 8 heteroatoms. The molecule has 0 aliphatic carbocycles. The number of nitrogens with zero attached hydrogens (tertiary/aromatic N) is 2. The Morgan fingerprint density at radius 2 is 2.00 bits per heavy atom. The molecule has 0 saturated heterocycles. The van der Waals surface area contributed by atoms with E-state index < -0.39 is 17.9 Å². The van der Waals surface area contributed by atoms with E-state index in [4.69, 9.17) is 4.74 Å². The topological polar surface area (TPSA) is 85.2 Å². The third-order valence-corrected chi connectivity index (χ3v) is 3.80. The van der Waals surface area contributed by atoms with Crippen LogP contribution in [0.15, 0.2) is 41.1 Å². The highest BCUT2D eigenvalue weighted by Gasteiger charge is 2.19. The Morgan fingerprint density at radius 1 is 1.28 bits per heavy atom. The van der Waals surface area contributed by atoms with Crippen molar-refractivity contribution in [1.82, 2.24) is 20.6 Å². The van der Waals surface area contributed by atoms with Gasteiger partial charge in [0.1, 0.15) is 5.75 Å². The molecule has 0 aliphatic heterocycles. The number of hydrogen-bond donors (Lipinski definition) is 2. The minimum atomic E-state index is -0.771. The molecule has 0 fully saturated rings. The van der Waals surface area contributed by atoms with E-state index in [2.05, 4.69) is 31.9 Å². The van der Waals surface area contributed by atoms with Crippen LogP contribution >= 0.6 is 15.9 Å². The highest BCUT2D eigenvalue weighted by Crippen LogP contribution is 2.18. The van der Waals surface area contributed by atoms with Crippen molar-refractivity contribution in [3.8, 4) is 5.75 Å². The van der Waals surface area contributed by atoms with E-state index in [1.54, 1.807) is 36.0 Å². The average molecular weight is 409 g/mol. The number of nitrogens with one attached hydrogen (secondary N) is 2. The molecule has 7 nitrogen and oxygen atoms in total. The summed E-state index contributed by atoms with van der Waals surface area (Å²) in [6.07, 6.45) is 2.31. The predicted octanol–water partition coefficient (Wildman–Crippen LogP) is 2.63. The van der Waals surface area contributed by atoms with E-state index in [1.165, 1.54) is 6.20 Å². The molecular formula is C17H21BrN4O3. The predicted molar refractivity (Wildman–Crippen MR) is 97.1 cm³/mol. The number of aromatic nitrogens is 2. The van der Waals surface area contributed by atoms with Gasteiger partial charge in [0.15, 0.2) is 6.10 Å². The van der Waals surface area contributed by atoms with Crippen molar-refractivity contribution in [2.24, 2.45) is 0 Å². The zero-order chi connectivity index (χ0) is 18.6. The monoisotopic (exact) mass is 408 g/mol. The first kappa shape index (κ1) is 19.0. The summed E-state index contributed by atoms with van der Waals surface area (Å²) in [6, 6.07) is 7.16. The average Bonchev–Trinajstić information content (AvgIpc) is 3.02. The van der Waals surface area contributed by atoms with Crippen molar-refractivity contribution in [2.75, 3.05) is 0 Å². The molecule has 2 aromatic rings. The molecule has 0 aliphatic rings. The molecule has 1 heterocycles. The molecule has 0 saturated carbocycles. The molecule has 25 heavy (non-hydrogen) atoms. The highest BCUT2D eigenvalue weighted by molar-refractivity contribution is 9.10. The number of hydrazine groups is 1. The number of rotatable bonds is 4. The number of amides is 2. The van der Waals surface area contributed by atoms with Crippen LogP contribution in [0.1, 0.15) is 38.1 Å². The van der Waals surface area contributed by atoms with E-state index in [9.17, 15) is 9.59 Å². The van der Waals surface area contributed by atoms with Crippen LogP contribution in [-0.2, 0) is 10.3 Å². The van der Waals surface area contributed by atoms with Crippen LogP contribution in [0, 0.1) is 0 Å². The van der Waals surface area contributed by atoms with Crippen molar-refractivity contribution in [3.05, 3.63) is 46.7 Å². The van der Waals surface area contributed by atoms with Gasteiger partial charge in [-0.15, -0.1) is 0 Å². The first-order valence-corrected chi connectivity index (χ1v) is 8.53. The molecular weight excluding hydrogens is 388 g/mol. The van der Waals surface area contributed by atoms with Crippen molar-refractivity contribution in [3.63, 3.8) is 0 Å². The molecule has 1 aromatic heterocycles. The van der Waals surface area contributed by atoms with Gasteiger partial charge in [0.25, 0.3) is 11.8 Å². The van der Waals surface area contributed by atoms with Crippen LogP contribution in [0.2, 0.25) is 0 Å². The van der Waals surface area contributed by atoms with Gasteiger partial charge in [-0.05, 0) is 45.9 Å². The fourth-order valence-electron chi connectivity index (χ4n) is 1.90. The van der Waals surface area contributed by atoms with E-state index in [0.717, 1.165) is 4.47 Å². The molecule has 2 amide bonds. The maximum atomic E-state index is 12.1. The summed E-state index contributed by atoms with van der Waals surface area (Å²) < 4.78 is 8.07. The largest absolute Gasteiger partial charge is 0.481 e. The second kappa shape index (κ2) is 7.69. The lowest BCUT2D eigenvalue weighted by molar-refractivity contribution is -0.128. The summed E-state index contributed by atoms with van der Waals surface area (Å²) in [4.78, 5) is 24.1. The Kier molecular flexibility index (Phi) is 5.84. The third kappa shape index (κ3) is 5.32. The fraction of sp³-hybridized carbons (Fsp3) is 0.353. The van der Waals surface area contributed by atoms with Crippen molar-refractivity contribution in [2.45, 2.75) is 39.3 Å². The second-order valence-electron chi connectivity index (χ2n) is 6.51. The first-order valence-electron chi connectivity index (χ1n) is 7.74. The van der Waals surface area contributed by atoms with Gasteiger partial charge in [-0.1, -0.05) is 22.0 Å². The molecule has 1 aromatic carbocycles. The molecule has 2 N–H and O–H groups in total. The maximum Gasteiger partial charge on any atom is 0.279 e. The van der Waals surface area contributed by atoms with Crippen LogP contribution in [0.4, 0.5) is 0 Å². The highest BCUT2D eigenvalue weighted by atomic mass is 79.9. The van der Waals surface area contributed by atoms with Crippen LogP contribution in [0.3, 0.4) is 0 Å². The van der Waals surface area contributed by atoms with E-state index in [1.807, 2.05) is 26.8 Å². The Labute approximate surface area is 154 Å². The quantitative estimate of drug-likeness (QED) is 0.761. The molecule has 134 valence electrons. The Balaban J connectivity index is 1.88. The lowest BCUT2D eigenvalue weighted by Crippen LogP contribution is -2.47. The smallest absolute Gasteiger partial charge is 0.279 e. The maximum absolute atomic E-state index is 12.1. The van der Waals surface area contributed by atoms with Crippen molar-refractivity contribution < 1.29 is 14.3 Å². The molecule has 0 spiro atoms. The van der Waals surface area contributed by atoms with Crippen LogP contribution in [-0.4, -0.2) is 27.7 Å². The minimum absolute atomic E-state index is 0.228. The van der Waals surface area contributed by atoms with E-state index in [-0.39, 0.29) is 5.54 Å². The zero-order valence-corrected chi connectivity index (χ0v) is 16.1. The van der Waals surface area contributed by atoms with Gasteiger partial charge in [-0.2, -0.15) is 5.10 Å². The van der Waals surface area contributed by atoms with Crippen molar-refractivity contribution in [1.29, 1.82) is 0 Å².